The summed E-state index contributed by atoms with van der Waals surface area (Å²) in [4.78, 5) is 24.9. The van der Waals surface area contributed by atoms with Gasteiger partial charge in [-0.2, -0.15) is 5.10 Å². The summed E-state index contributed by atoms with van der Waals surface area (Å²) in [6.45, 7) is 5.69. The molecule has 3 rings (SSSR count). The summed E-state index contributed by atoms with van der Waals surface area (Å²) in [5.41, 5.74) is 3.90. The van der Waals surface area contributed by atoms with Crippen molar-refractivity contribution in [1.82, 2.24) is 9.78 Å². The Hall–Kier alpha value is -3.41. The fourth-order valence-corrected chi connectivity index (χ4v) is 2.86. The Morgan fingerprint density at radius 3 is 2.26 bits per heavy atom. The third-order valence-corrected chi connectivity index (χ3v) is 4.17. The molecular weight excluding hydrogens is 340 g/mol. The van der Waals surface area contributed by atoms with Crippen LogP contribution in [0, 0.1) is 13.8 Å². The third-order valence-electron chi connectivity index (χ3n) is 4.17. The normalized spacial score (nSPS) is 11.7. The maximum atomic E-state index is 12.5. The number of benzene rings is 2. The van der Waals surface area contributed by atoms with Gasteiger partial charge in [0.05, 0.1) is 0 Å². The number of nitrogens with zero attached hydrogens (tertiary/aromatic N) is 2. The van der Waals surface area contributed by atoms with Crippen LogP contribution in [0.3, 0.4) is 0 Å². The standard InChI is InChI=1S/C21H22N4O2/c1-14-10-15(2)12-17(11-14)21(27)24-19-7-4-6-18(13-19)23-20(26)16(3)25-9-5-8-22-25/h4-13,16H,1-3H3,(H,23,26)(H,24,27)/t16-/m1/s1. The van der Waals surface area contributed by atoms with E-state index in [-0.39, 0.29) is 11.8 Å². The minimum atomic E-state index is -0.437. The number of rotatable bonds is 5. The summed E-state index contributed by atoms with van der Waals surface area (Å²) in [6, 6.07) is 14.1. The largest absolute Gasteiger partial charge is 0.324 e. The third kappa shape index (κ3) is 4.61. The lowest BCUT2D eigenvalue weighted by molar-refractivity contribution is -0.119. The summed E-state index contributed by atoms with van der Waals surface area (Å²) in [7, 11) is 0. The van der Waals surface area contributed by atoms with E-state index in [1.54, 1.807) is 54.3 Å². The van der Waals surface area contributed by atoms with Gasteiger partial charge in [-0.3, -0.25) is 14.3 Å². The number of amides is 2. The molecule has 0 saturated heterocycles. The van der Waals surface area contributed by atoms with Crippen LogP contribution in [-0.4, -0.2) is 21.6 Å². The molecule has 1 heterocycles. The molecule has 0 fully saturated rings. The van der Waals surface area contributed by atoms with E-state index in [2.05, 4.69) is 15.7 Å². The molecule has 1 atom stereocenters. The Kier molecular flexibility index (Phi) is 5.35. The highest BCUT2D eigenvalue weighted by Gasteiger charge is 2.15. The van der Waals surface area contributed by atoms with Crippen LogP contribution in [0.2, 0.25) is 0 Å². The van der Waals surface area contributed by atoms with Crippen LogP contribution in [-0.2, 0) is 4.79 Å². The molecule has 3 aromatic rings. The van der Waals surface area contributed by atoms with Gasteiger partial charge in [-0.1, -0.05) is 23.3 Å². The van der Waals surface area contributed by atoms with Crippen molar-refractivity contribution in [3.05, 3.63) is 77.6 Å². The van der Waals surface area contributed by atoms with Crippen LogP contribution < -0.4 is 10.6 Å². The summed E-state index contributed by atoms with van der Waals surface area (Å²) in [5.74, 6) is -0.369. The first-order valence-corrected chi connectivity index (χ1v) is 8.72. The second-order valence-electron chi connectivity index (χ2n) is 6.56. The van der Waals surface area contributed by atoms with Gasteiger partial charge in [0.2, 0.25) is 5.91 Å². The first-order valence-electron chi connectivity index (χ1n) is 8.72. The Bertz CT molecular complexity index is 944. The lowest BCUT2D eigenvalue weighted by atomic mass is 10.1. The molecule has 0 aliphatic heterocycles. The molecule has 0 aliphatic rings. The molecule has 2 aromatic carbocycles. The van der Waals surface area contributed by atoms with Crippen molar-refractivity contribution in [1.29, 1.82) is 0 Å². The van der Waals surface area contributed by atoms with E-state index < -0.39 is 6.04 Å². The van der Waals surface area contributed by atoms with Gasteiger partial charge in [-0.25, -0.2) is 0 Å². The van der Waals surface area contributed by atoms with Crippen molar-refractivity contribution < 1.29 is 9.59 Å². The second-order valence-corrected chi connectivity index (χ2v) is 6.56. The monoisotopic (exact) mass is 362 g/mol. The molecule has 0 spiro atoms. The molecule has 0 radical (unpaired) electrons. The highest BCUT2D eigenvalue weighted by atomic mass is 16.2. The SMILES string of the molecule is Cc1cc(C)cc(C(=O)Nc2cccc(NC(=O)[C@@H](C)n3cccn3)c2)c1. The average molecular weight is 362 g/mol. The summed E-state index contributed by atoms with van der Waals surface area (Å²) in [5, 5.41) is 9.81. The first-order chi connectivity index (χ1) is 12.9. The topological polar surface area (TPSA) is 76.0 Å². The molecule has 138 valence electrons. The number of carbonyl (C=O) groups is 2. The smallest absolute Gasteiger partial charge is 0.255 e. The van der Waals surface area contributed by atoms with Gasteiger partial charge < -0.3 is 10.6 Å². The lowest BCUT2D eigenvalue weighted by Crippen LogP contribution is -2.24. The fourth-order valence-electron chi connectivity index (χ4n) is 2.86. The van der Waals surface area contributed by atoms with Crippen molar-refractivity contribution in [3.63, 3.8) is 0 Å². The van der Waals surface area contributed by atoms with E-state index in [0.717, 1.165) is 11.1 Å². The number of aryl methyl sites for hydroxylation is 2. The summed E-state index contributed by atoms with van der Waals surface area (Å²) < 4.78 is 1.58. The van der Waals surface area contributed by atoms with E-state index in [9.17, 15) is 9.59 Å². The number of hydrogen-bond acceptors (Lipinski definition) is 3. The lowest BCUT2D eigenvalue weighted by Gasteiger charge is -2.13. The molecule has 6 nitrogen and oxygen atoms in total. The number of carbonyl (C=O) groups excluding carboxylic acids is 2. The van der Waals surface area contributed by atoms with Crippen molar-refractivity contribution >= 4 is 23.2 Å². The zero-order valence-corrected chi connectivity index (χ0v) is 15.6. The van der Waals surface area contributed by atoms with Crippen LogP contribution in [0.4, 0.5) is 11.4 Å². The van der Waals surface area contributed by atoms with Gasteiger partial charge >= 0.3 is 0 Å². The predicted octanol–water partition coefficient (Wildman–Crippen LogP) is 3.95. The molecule has 0 aliphatic carbocycles. The van der Waals surface area contributed by atoms with Gasteiger partial charge in [-0.05, 0) is 57.2 Å². The quantitative estimate of drug-likeness (QED) is 0.721. The van der Waals surface area contributed by atoms with E-state index in [0.29, 0.717) is 16.9 Å². The second kappa shape index (κ2) is 7.86. The van der Waals surface area contributed by atoms with Gasteiger partial charge in [0.1, 0.15) is 6.04 Å². The highest BCUT2D eigenvalue weighted by Crippen LogP contribution is 2.18. The molecular formula is C21H22N4O2. The number of hydrogen-bond donors (Lipinski definition) is 2. The summed E-state index contributed by atoms with van der Waals surface area (Å²) in [6.07, 6.45) is 3.37. The Labute approximate surface area is 158 Å². The zero-order chi connectivity index (χ0) is 19.4. The minimum absolute atomic E-state index is 0.184. The number of nitrogens with one attached hydrogen (secondary N) is 2. The number of aromatic nitrogens is 2. The molecule has 27 heavy (non-hydrogen) atoms. The van der Waals surface area contributed by atoms with Crippen LogP contribution in [0.1, 0.15) is 34.5 Å². The molecule has 0 saturated carbocycles. The van der Waals surface area contributed by atoms with Crippen LogP contribution in [0.15, 0.2) is 60.9 Å². The van der Waals surface area contributed by atoms with E-state index in [1.165, 1.54) is 0 Å². The van der Waals surface area contributed by atoms with Crippen molar-refractivity contribution in [2.24, 2.45) is 0 Å². The minimum Gasteiger partial charge on any atom is -0.324 e. The molecule has 0 unspecified atom stereocenters. The van der Waals surface area contributed by atoms with Crippen LogP contribution >= 0.6 is 0 Å². The molecule has 2 N–H and O–H groups in total. The van der Waals surface area contributed by atoms with Gasteiger partial charge in [0.25, 0.3) is 5.91 Å². The van der Waals surface area contributed by atoms with Crippen molar-refractivity contribution in [3.8, 4) is 0 Å². The van der Waals surface area contributed by atoms with Gasteiger partial charge in [0.15, 0.2) is 0 Å². The average Bonchev–Trinajstić information content (AvgIpc) is 3.15. The van der Waals surface area contributed by atoms with Gasteiger partial charge in [0, 0.05) is 29.3 Å². The van der Waals surface area contributed by atoms with Crippen LogP contribution in [0.25, 0.3) is 0 Å². The Morgan fingerprint density at radius 1 is 0.963 bits per heavy atom. The van der Waals surface area contributed by atoms with Crippen LogP contribution in [0.5, 0.6) is 0 Å². The zero-order valence-electron chi connectivity index (χ0n) is 15.6. The molecule has 2 amide bonds. The predicted molar refractivity (Wildman–Crippen MR) is 106 cm³/mol. The van der Waals surface area contributed by atoms with Crippen molar-refractivity contribution in [2.75, 3.05) is 10.6 Å². The molecule has 0 bridgehead atoms. The maximum Gasteiger partial charge on any atom is 0.255 e. The number of anilines is 2. The van der Waals surface area contributed by atoms with E-state index in [4.69, 9.17) is 0 Å². The maximum absolute atomic E-state index is 12.5. The van der Waals surface area contributed by atoms with E-state index in [1.807, 2.05) is 32.0 Å². The van der Waals surface area contributed by atoms with Gasteiger partial charge in [-0.15, -0.1) is 0 Å². The highest BCUT2D eigenvalue weighted by molar-refractivity contribution is 6.05. The first kappa shape index (κ1) is 18.4. The Balaban J connectivity index is 1.70. The summed E-state index contributed by atoms with van der Waals surface area (Å²) >= 11 is 0. The Morgan fingerprint density at radius 2 is 1.63 bits per heavy atom. The van der Waals surface area contributed by atoms with Crippen molar-refractivity contribution in [2.45, 2.75) is 26.8 Å². The van der Waals surface area contributed by atoms with E-state index >= 15 is 0 Å². The molecule has 6 heteroatoms. The fraction of sp³-hybridized carbons (Fsp3) is 0.190. The molecule has 1 aromatic heterocycles.